The van der Waals surface area contributed by atoms with E-state index in [9.17, 15) is 9.18 Å². The molecule has 0 aliphatic heterocycles. The number of carbonyl (C=O) groups is 1. The van der Waals surface area contributed by atoms with Crippen LogP contribution in [0.5, 0.6) is 0 Å². The van der Waals surface area contributed by atoms with Crippen LogP contribution in [0.25, 0.3) is 0 Å². The van der Waals surface area contributed by atoms with Crippen LogP contribution >= 0.6 is 0 Å². The zero-order chi connectivity index (χ0) is 8.60. The van der Waals surface area contributed by atoms with Crippen molar-refractivity contribution in [3.8, 4) is 0 Å². The van der Waals surface area contributed by atoms with Gasteiger partial charge in [0.2, 0.25) is 0 Å². The second kappa shape index (κ2) is 2.82. The Labute approximate surface area is 72.3 Å². The Balaban J connectivity index is 2.13. The Morgan fingerprint density at radius 2 is 2.33 bits per heavy atom. The van der Waals surface area contributed by atoms with Crippen molar-refractivity contribution in [2.45, 2.75) is 32.1 Å². The number of hydrogen-bond donors (Lipinski definition) is 0. The van der Waals surface area contributed by atoms with E-state index in [4.69, 9.17) is 0 Å². The van der Waals surface area contributed by atoms with Gasteiger partial charge in [-0.2, -0.15) is 0 Å². The van der Waals surface area contributed by atoms with Gasteiger partial charge in [-0.3, -0.25) is 4.39 Å². The van der Waals surface area contributed by atoms with E-state index < -0.39 is 0 Å². The van der Waals surface area contributed by atoms with Gasteiger partial charge >= 0.3 is 0 Å². The van der Waals surface area contributed by atoms with Gasteiger partial charge in [0, 0.05) is 5.41 Å². The first-order valence-electron chi connectivity index (χ1n) is 4.83. The van der Waals surface area contributed by atoms with E-state index in [-0.39, 0.29) is 12.1 Å². The summed E-state index contributed by atoms with van der Waals surface area (Å²) < 4.78 is 12.2. The molecule has 0 radical (unpaired) electrons. The van der Waals surface area contributed by atoms with E-state index >= 15 is 0 Å². The van der Waals surface area contributed by atoms with Crippen molar-refractivity contribution in [2.75, 3.05) is 6.67 Å². The second-order valence-corrected chi connectivity index (χ2v) is 4.37. The maximum atomic E-state index is 12.2. The monoisotopic (exact) mass is 170 g/mol. The lowest BCUT2D eigenvalue weighted by Crippen LogP contribution is -2.29. The largest absolute Gasteiger partial charge is 0.303 e. The highest BCUT2D eigenvalue weighted by Crippen LogP contribution is 2.56. The first-order chi connectivity index (χ1) is 5.80. The molecule has 68 valence electrons. The molecule has 0 aromatic rings. The van der Waals surface area contributed by atoms with Crippen molar-refractivity contribution in [2.24, 2.45) is 17.3 Å². The highest BCUT2D eigenvalue weighted by molar-refractivity contribution is 5.61. The molecule has 0 amide bonds. The Morgan fingerprint density at radius 3 is 2.75 bits per heavy atom. The first kappa shape index (κ1) is 8.21. The van der Waals surface area contributed by atoms with Crippen LogP contribution in [-0.2, 0) is 4.79 Å². The standard InChI is InChI=1S/C10H15FO/c11-4-3-10(7-12)6-8-1-2-9(10)5-8/h7-9H,1-6H2. The predicted octanol–water partition coefficient (Wildman–Crippen LogP) is 2.35. The van der Waals surface area contributed by atoms with Gasteiger partial charge in [0.25, 0.3) is 0 Å². The summed E-state index contributed by atoms with van der Waals surface area (Å²) in [6, 6.07) is 0. The molecule has 3 unspecified atom stereocenters. The number of alkyl halides is 1. The molecule has 0 N–H and O–H groups in total. The number of rotatable bonds is 3. The molecule has 2 bridgehead atoms. The average Bonchev–Trinajstić information content (AvgIpc) is 2.64. The lowest BCUT2D eigenvalue weighted by molar-refractivity contribution is -0.119. The van der Waals surface area contributed by atoms with Crippen molar-refractivity contribution in [3.05, 3.63) is 0 Å². The van der Waals surface area contributed by atoms with Crippen molar-refractivity contribution in [1.82, 2.24) is 0 Å². The normalized spacial score (nSPS) is 45.1. The number of fused-ring (bicyclic) bond motifs is 2. The van der Waals surface area contributed by atoms with Crippen LogP contribution in [0.3, 0.4) is 0 Å². The topological polar surface area (TPSA) is 17.1 Å². The number of halogens is 1. The van der Waals surface area contributed by atoms with Gasteiger partial charge in [-0.1, -0.05) is 6.42 Å². The minimum atomic E-state index is -0.331. The second-order valence-electron chi connectivity index (χ2n) is 4.37. The highest BCUT2D eigenvalue weighted by Gasteiger charge is 2.50. The summed E-state index contributed by atoms with van der Waals surface area (Å²) in [6.07, 6.45) is 6.08. The molecule has 0 aromatic heterocycles. The molecule has 2 saturated carbocycles. The van der Waals surface area contributed by atoms with Gasteiger partial charge in [-0.15, -0.1) is 0 Å². The van der Waals surface area contributed by atoms with Gasteiger partial charge in [0.1, 0.15) is 6.29 Å². The third-order valence-electron chi connectivity index (χ3n) is 3.82. The molecule has 0 heterocycles. The van der Waals surface area contributed by atoms with Crippen molar-refractivity contribution in [1.29, 1.82) is 0 Å². The van der Waals surface area contributed by atoms with E-state index in [1.807, 2.05) is 0 Å². The van der Waals surface area contributed by atoms with E-state index in [1.165, 1.54) is 12.8 Å². The molecule has 2 aliphatic rings. The fraction of sp³-hybridized carbons (Fsp3) is 0.900. The summed E-state index contributed by atoms with van der Waals surface area (Å²) in [7, 11) is 0. The zero-order valence-corrected chi connectivity index (χ0v) is 7.26. The zero-order valence-electron chi connectivity index (χ0n) is 7.26. The smallest absolute Gasteiger partial charge is 0.126 e. The minimum absolute atomic E-state index is 0.252. The van der Waals surface area contributed by atoms with Gasteiger partial charge in [-0.05, 0) is 37.5 Å². The lowest BCUT2D eigenvalue weighted by atomic mass is 9.72. The van der Waals surface area contributed by atoms with Gasteiger partial charge in [0.05, 0.1) is 6.67 Å². The molecule has 12 heavy (non-hydrogen) atoms. The molecular weight excluding hydrogens is 155 g/mol. The Kier molecular flexibility index (Phi) is 1.93. The molecule has 0 spiro atoms. The summed E-state index contributed by atoms with van der Waals surface area (Å²) in [4.78, 5) is 10.9. The third-order valence-corrected chi connectivity index (χ3v) is 3.82. The molecular formula is C10H15FO. The molecule has 2 heteroatoms. The van der Waals surface area contributed by atoms with E-state index in [0.29, 0.717) is 12.3 Å². The highest BCUT2D eigenvalue weighted by atomic mass is 19.1. The molecule has 2 aliphatic carbocycles. The molecule has 0 saturated heterocycles. The van der Waals surface area contributed by atoms with Gasteiger partial charge < -0.3 is 4.79 Å². The van der Waals surface area contributed by atoms with Crippen LogP contribution in [0.2, 0.25) is 0 Å². The fourth-order valence-corrected chi connectivity index (χ4v) is 3.17. The lowest BCUT2D eigenvalue weighted by Gasteiger charge is -2.31. The van der Waals surface area contributed by atoms with Crippen LogP contribution in [-0.4, -0.2) is 13.0 Å². The SMILES string of the molecule is O=CC1(CCF)CC2CCC1C2. The summed E-state index contributed by atoms with van der Waals surface area (Å²) in [5.74, 6) is 1.24. The van der Waals surface area contributed by atoms with E-state index in [2.05, 4.69) is 0 Å². The minimum Gasteiger partial charge on any atom is -0.303 e. The van der Waals surface area contributed by atoms with Crippen molar-refractivity contribution >= 4 is 6.29 Å². The van der Waals surface area contributed by atoms with Crippen LogP contribution in [0.15, 0.2) is 0 Å². The van der Waals surface area contributed by atoms with Crippen molar-refractivity contribution < 1.29 is 9.18 Å². The Bertz CT molecular complexity index is 192. The Morgan fingerprint density at radius 1 is 1.50 bits per heavy atom. The summed E-state index contributed by atoms with van der Waals surface area (Å²) in [5.41, 5.74) is -0.252. The van der Waals surface area contributed by atoms with E-state index in [0.717, 1.165) is 25.0 Å². The Hall–Kier alpha value is -0.400. The number of hydrogen-bond acceptors (Lipinski definition) is 1. The number of carbonyl (C=O) groups excluding carboxylic acids is 1. The van der Waals surface area contributed by atoms with Crippen LogP contribution in [0.4, 0.5) is 4.39 Å². The molecule has 2 fully saturated rings. The van der Waals surface area contributed by atoms with Gasteiger partial charge in [-0.25, -0.2) is 0 Å². The fourth-order valence-electron chi connectivity index (χ4n) is 3.17. The maximum absolute atomic E-state index is 12.2. The molecule has 3 atom stereocenters. The third kappa shape index (κ3) is 1.00. The summed E-state index contributed by atoms with van der Waals surface area (Å²) >= 11 is 0. The van der Waals surface area contributed by atoms with E-state index in [1.54, 1.807) is 0 Å². The van der Waals surface area contributed by atoms with Gasteiger partial charge in [0.15, 0.2) is 0 Å². The maximum Gasteiger partial charge on any atom is 0.126 e. The quantitative estimate of drug-likeness (QED) is 0.594. The van der Waals surface area contributed by atoms with Crippen LogP contribution in [0, 0.1) is 17.3 Å². The van der Waals surface area contributed by atoms with Crippen molar-refractivity contribution in [3.63, 3.8) is 0 Å². The predicted molar refractivity (Wildman–Crippen MR) is 44.5 cm³/mol. The molecule has 2 rings (SSSR count). The molecule has 0 aromatic carbocycles. The first-order valence-corrected chi connectivity index (χ1v) is 4.83. The average molecular weight is 170 g/mol. The number of aldehydes is 1. The summed E-state index contributed by atoms with van der Waals surface area (Å²) in [5, 5.41) is 0. The summed E-state index contributed by atoms with van der Waals surface area (Å²) in [6.45, 7) is -0.331. The molecule has 1 nitrogen and oxygen atoms in total. The van der Waals surface area contributed by atoms with Crippen LogP contribution < -0.4 is 0 Å². The van der Waals surface area contributed by atoms with Crippen LogP contribution in [0.1, 0.15) is 32.1 Å².